The lowest BCUT2D eigenvalue weighted by Crippen LogP contribution is -2.62. The van der Waals surface area contributed by atoms with Crippen molar-refractivity contribution in [3.05, 3.63) is 11.6 Å². The predicted molar refractivity (Wildman–Crippen MR) is 188 cm³/mol. The van der Waals surface area contributed by atoms with Gasteiger partial charge in [-0.25, -0.2) is 4.79 Å². The number of carbonyl (C=O) groups excluding carboxylic acids is 1. The molecule has 4 aliphatic heterocycles. The topological polar surface area (TPSA) is 192 Å². The molecule has 0 unspecified atom stereocenters. The fourth-order valence-corrected chi connectivity index (χ4v) is 12.4. The van der Waals surface area contributed by atoms with Crippen LogP contribution in [0, 0.1) is 34.5 Å². The maximum atomic E-state index is 12.6. The molecule has 20 atom stereocenters. The molecule has 0 spiro atoms. The van der Waals surface area contributed by atoms with Gasteiger partial charge in [0, 0.05) is 24.3 Å². The Morgan fingerprint density at radius 2 is 1.44 bits per heavy atom. The summed E-state index contributed by atoms with van der Waals surface area (Å²) in [5.74, 6) is 1.08. The molecule has 0 amide bonds. The third-order valence-electron chi connectivity index (χ3n) is 15.5. The molecule has 54 heavy (non-hydrogen) atoms. The number of aliphatic hydroxyl groups excluding tert-OH is 4. The van der Waals surface area contributed by atoms with Crippen molar-refractivity contribution in [1.82, 2.24) is 0 Å². The minimum absolute atomic E-state index is 0.000382. The van der Waals surface area contributed by atoms with Gasteiger partial charge in [-0.2, -0.15) is 0 Å². The van der Waals surface area contributed by atoms with E-state index >= 15 is 0 Å². The number of cyclic esters (lactones) is 1. The smallest absolute Gasteiger partial charge is 0.331 e. The van der Waals surface area contributed by atoms with Crippen LogP contribution < -0.4 is 0 Å². The van der Waals surface area contributed by atoms with Crippen molar-refractivity contribution < 1.29 is 68.2 Å². The van der Waals surface area contributed by atoms with Crippen molar-refractivity contribution in [2.45, 2.75) is 191 Å². The quantitative estimate of drug-likeness (QED) is 0.188. The summed E-state index contributed by atoms with van der Waals surface area (Å²) in [5, 5.41) is 54.6. The van der Waals surface area contributed by atoms with Crippen LogP contribution in [0.4, 0.5) is 0 Å². The van der Waals surface area contributed by atoms with Crippen LogP contribution in [0.15, 0.2) is 11.6 Å². The molecule has 306 valence electrons. The molecule has 0 bridgehead atoms. The second-order valence-electron chi connectivity index (χ2n) is 18.3. The Hall–Kier alpha value is -1.27. The fraction of sp³-hybridized carbons (Fsp3) is 0.925. The van der Waals surface area contributed by atoms with E-state index in [1.807, 2.05) is 6.92 Å². The highest BCUT2D eigenvalue weighted by Crippen LogP contribution is 2.70. The lowest BCUT2D eigenvalue weighted by atomic mass is 9.43. The number of esters is 1. The molecule has 0 aromatic heterocycles. The second-order valence-corrected chi connectivity index (χ2v) is 18.3. The lowest BCUT2D eigenvalue weighted by molar-refractivity contribution is -0.437. The Morgan fingerprint density at radius 1 is 0.722 bits per heavy atom. The summed E-state index contributed by atoms with van der Waals surface area (Å²) in [6.45, 7) is 8.91. The number of hydrogen-bond donors (Lipinski definition) is 5. The van der Waals surface area contributed by atoms with Crippen LogP contribution >= 0.6 is 0 Å². The Bertz CT molecular complexity index is 1380. The van der Waals surface area contributed by atoms with E-state index in [1.165, 1.54) is 0 Å². The van der Waals surface area contributed by atoms with E-state index in [1.54, 1.807) is 19.9 Å². The van der Waals surface area contributed by atoms with Gasteiger partial charge < -0.3 is 58.7 Å². The highest BCUT2D eigenvalue weighted by molar-refractivity contribution is 5.85. The molecule has 8 aliphatic rings. The van der Waals surface area contributed by atoms with Crippen LogP contribution in [0.5, 0.6) is 0 Å². The molecule has 8 rings (SSSR count). The number of ether oxygens (including phenoxy) is 8. The first-order chi connectivity index (χ1) is 25.6. The number of aliphatic hydroxyl groups is 5. The molecule has 0 aromatic carbocycles. The molecule has 0 radical (unpaired) electrons. The van der Waals surface area contributed by atoms with Crippen LogP contribution in [0.1, 0.15) is 105 Å². The van der Waals surface area contributed by atoms with Crippen molar-refractivity contribution in [3.63, 3.8) is 0 Å². The van der Waals surface area contributed by atoms with Gasteiger partial charge in [-0.15, -0.1) is 0 Å². The standard InChI is InChI=1S/C40H62O14/c1-19-33(44)28(41)16-32(48-19)52-35-21(3)50-37(54-36(35)45)53-34-20(2)49-31(17-29(34)42)51-24-8-11-38(4)23(15-24)6-7-27-26(38)9-12-39(5)25(10-13-40(27,39)46)22-14-30(43)47-18-22/h14,19-21,23-29,31-37,41-42,44-46H,6-13,15-18H2,1-5H3/t19-,20-,21-,23-,24+,25-,26+,27-,28+,29+,31+,32+,33-,34-,35-,36+,37+,38+,39-,40+/m1/s1. The van der Waals surface area contributed by atoms with E-state index in [9.17, 15) is 30.3 Å². The average molecular weight is 767 g/mol. The maximum absolute atomic E-state index is 12.6. The highest BCUT2D eigenvalue weighted by atomic mass is 16.9. The third-order valence-corrected chi connectivity index (χ3v) is 15.5. The number of rotatable bonds is 7. The molecule has 4 saturated carbocycles. The molecule has 14 nitrogen and oxygen atoms in total. The summed E-state index contributed by atoms with van der Waals surface area (Å²) in [7, 11) is 0. The van der Waals surface area contributed by atoms with Gasteiger partial charge in [0.2, 0.25) is 0 Å². The van der Waals surface area contributed by atoms with E-state index in [-0.39, 0.29) is 47.6 Å². The van der Waals surface area contributed by atoms with Crippen LogP contribution in [0.2, 0.25) is 0 Å². The molecular weight excluding hydrogens is 704 g/mol. The van der Waals surface area contributed by atoms with Gasteiger partial charge >= 0.3 is 5.97 Å². The van der Waals surface area contributed by atoms with E-state index in [0.717, 1.165) is 63.4 Å². The first-order valence-corrected chi connectivity index (χ1v) is 20.5. The van der Waals surface area contributed by atoms with Crippen LogP contribution in [-0.4, -0.2) is 124 Å². The van der Waals surface area contributed by atoms with Crippen molar-refractivity contribution in [3.8, 4) is 0 Å². The monoisotopic (exact) mass is 766 g/mol. The van der Waals surface area contributed by atoms with Crippen LogP contribution in [0.25, 0.3) is 0 Å². The van der Waals surface area contributed by atoms with Gasteiger partial charge in [-0.05, 0) is 113 Å². The number of hydrogen-bond acceptors (Lipinski definition) is 14. The maximum Gasteiger partial charge on any atom is 0.331 e. The van der Waals surface area contributed by atoms with Gasteiger partial charge in [0.05, 0.1) is 42.2 Å². The molecule has 7 fully saturated rings. The summed E-state index contributed by atoms with van der Waals surface area (Å²) in [6, 6.07) is 0. The first-order valence-electron chi connectivity index (χ1n) is 20.5. The summed E-state index contributed by atoms with van der Waals surface area (Å²) in [6.07, 6.45) is 0.947. The summed E-state index contributed by atoms with van der Waals surface area (Å²) in [4.78, 5) is 11.9. The van der Waals surface area contributed by atoms with Crippen molar-refractivity contribution in [2.24, 2.45) is 34.5 Å². The van der Waals surface area contributed by atoms with E-state index < -0.39 is 79.8 Å². The Labute approximate surface area is 317 Å². The summed E-state index contributed by atoms with van der Waals surface area (Å²) >= 11 is 0. The fourth-order valence-electron chi connectivity index (χ4n) is 12.4. The molecule has 5 N–H and O–H groups in total. The molecule has 0 aromatic rings. The number of carbonyl (C=O) groups is 1. The van der Waals surface area contributed by atoms with Crippen molar-refractivity contribution in [1.29, 1.82) is 0 Å². The lowest BCUT2D eigenvalue weighted by Gasteiger charge is -2.64. The van der Waals surface area contributed by atoms with Gasteiger partial charge in [-0.1, -0.05) is 13.8 Å². The van der Waals surface area contributed by atoms with E-state index in [2.05, 4.69) is 13.8 Å². The van der Waals surface area contributed by atoms with Crippen molar-refractivity contribution in [2.75, 3.05) is 6.61 Å². The zero-order valence-corrected chi connectivity index (χ0v) is 32.3. The van der Waals surface area contributed by atoms with Gasteiger partial charge in [0.15, 0.2) is 18.9 Å². The Balaban J connectivity index is 0.826. The Morgan fingerprint density at radius 3 is 2.15 bits per heavy atom. The summed E-state index contributed by atoms with van der Waals surface area (Å²) < 4.78 is 47.1. The average Bonchev–Trinajstić information content (AvgIpc) is 3.66. The SMILES string of the molecule is C[C@H]1O[C@@H](O[C@@H]2[C@@H](C)O[C@@H](O[C@H]3[C@@H](O)C[C@H](O[C@H]4CC[C@@]5(C)[C@H](CC[C@@H]6[C@@H]5CC[C@]5(C)[C@@H](C7=CC(=O)OC7)CC[C@]65O)C4)O[C@@H]3C)O[C@@H]2O)C[C@H](O)[C@@H]1O. The van der Waals surface area contributed by atoms with Crippen molar-refractivity contribution >= 4 is 5.97 Å². The van der Waals surface area contributed by atoms with Gasteiger partial charge in [0.1, 0.15) is 24.9 Å². The molecule has 4 aliphatic carbocycles. The first kappa shape index (κ1) is 39.6. The minimum atomic E-state index is -1.44. The number of fused-ring (bicyclic) bond motifs is 5. The molecule has 14 heteroatoms. The van der Waals surface area contributed by atoms with E-state index in [0.29, 0.717) is 18.4 Å². The second kappa shape index (κ2) is 14.8. The normalized spacial score (nSPS) is 55.0. The minimum Gasteiger partial charge on any atom is -0.458 e. The van der Waals surface area contributed by atoms with Crippen LogP contribution in [0.3, 0.4) is 0 Å². The predicted octanol–water partition coefficient (Wildman–Crippen LogP) is 2.79. The van der Waals surface area contributed by atoms with Gasteiger partial charge in [-0.3, -0.25) is 4.74 Å². The summed E-state index contributed by atoms with van der Waals surface area (Å²) in [5.41, 5.74) is 0.178. The molecule has 3 saturated heterocycles. The third kappa shape index (κ3) is 6.81. The molecular formula is C40H62O14. The molecule has 4 heterocycles. The van der Waals surface area contributed by atoms with Gasteiger partial charge in [0.25, 0.3) is 6.48 Å². The highest BCUT2D eigenvalue weighted by Gasteiger charge is 2.68. The zero-order chi connectivity index (χ0) is 38.3. The van der Waals surface area contributed by atoms with Crippen LogP contribution in [-0.2, 0) is 42.7 Å². The van der Waals surface area contributed by atoms with E-state index in [4.69, 9.17) is 37.9 Å². The largest absolute Gasteiger partial charge is 0.458 e. The Kier molecular flexibility index (Phi) is 10.9. The zero-order valence-electron chi connectivity index (χ0n) is 32.3.